The van der Waals surface area contributed by atoms with Crippen LogP contribution in [-0.4, -0.2) is 15.2 Å². The molecule has 0 unspecified atom stereocenters. The third kappa shape index (κ3) is 2.53. The summed E-state index contributed by atoms with van der Waals surface area (Å²) in [4.78, 5) is 4.45. The summed E-state index contributed by atoms with van der Waals surface area (Å²) >= 11 is 6.34. The van der Waals surface area contributed by atoms with Gasteiger partial charge in [0.25, 0.3) is 0 Å². The van der Waals surface area contributed by atoms with Crippen molar-refractivity contribution in [3.8, 4) is 0 Å². The van der Waals surface area contributed by atoms with Gasteiger partial charge in [-0.3, -0.25) is 10.1 Å². The van der Waals surface area contributed by atoms with Gasteiger partial charge >= 0.3 is 0 Å². The smallest absolute Gasteiger partial charge is 0.217 e. The van der Waals surface area contributed by atoms with Gasteiger partial charge in [0, 0.05) is 6.20 Å². The van der Waals surface area contributed by atoms with Crippen molar-refractivity contribution in [1.82, 2.24) is 15.2 Å². The van der Waals surface area contributed by atoms with Crippen LogP contribution in [0, 0.1) is 11.9 Å². The Labute approximate surface area is 138 Å². The molecule has 2 aromatic heterocycles. The summed E-state index contributed by atoms with van der Waals surface area (Å²) in [6.07, 6.45) is 7.19. The molecule has 1 aromatic carbocycles. The molecule has 0 aliphatic heterocycles. The van der Waals surface area contributed by atoms with Crippen LogP contribution in [-0.2, 0) is 0 Å². The molecule has 0 radical (unpaired) electrons. The molecular formula is C18H15ClFN3. The Kier molecular flexibility index (Phi) is 3.62. The van der Waals surface area contributed by atoms with Crippen LogP contribution in [0.15, 0.2) is 36.5 Å². The second kappa shape index (κ2) is 5.78. The van der Waals surface area contributed by atoms with Gasteiger partial charge in [-0.1, -0.05) is 30.2 Å². The molecule has 2 heterocycles. The zero-order valence-electron chi connectivity index (χ0n) is 12.4. The zero-order chi connectivity index (χ0) is 15.8. The lowest BCUT2D eigenvalue weighted by atomic mass is 9.77. The number of hydrogen-bond acceptors (Lipinski definition) is 2. The molecule has 5 heteroatoms. The molecule has 1 aliphatic carbocycles. The van der Waals surface area contributed by atoms with Crippen LogP contribution in [0.1, 0.15) is 30.5 Å². The van der Waals surface area contributed by atoms with E-state index < -0.39 is 5.95 Å². The maximum Gasteiger partial charge on any atom is 0.217 e. The lowest BCUT2D eigenvalue weighted by molar-refractivity contribution is 0.401. The number of pyridine rings is 1. The van der Waals surface area contributed by atoms with Crippen LogP contribution in [0.25, 0.3) is 22.6 Å². The van der Waals surface area contributed by atoms with E-state index in [0.717, 1.165) is 29.7 Å². The first-order valence-corrected chi connectivity index (χ1v) is 8.07. The summed E-state index contributed by atoms with van der Waals surface area (Å²) in [7, 11) is 0. The highest BCUT2D eigenvalue weighted by Crippen LogP contribution is 2.41. The van der Waals surface area contributed by atoms with Gasteiger partial charge in [-0.05, 0) is 54.2 Å². The predicted octanol–water partition coefficient (Wildman–Crippen LogP) is 5.09. The molecule has 0 amide bonds. The van der Waals surface area contributed by atoms with Crippen molar-refractivity contribution in [2.24, 2.45) is 5.92 Å². The van der Waals surface area contributed by atoms with Gasteiger partial charge in [-0.25, -0.2) is 0 Å². The Hall–Kier alpha value is -2.20. The summed E-state index contributed by atoms with van der Waals surface area (Å²) < 4.78 is 14.0. The molecular weight excluding hydrogens is 313 g/mol. The fourth-order valence-corrected chi connectivity index (χ4v) is 3.27. The molecule has 1 aliphatic rings. The van der Waals surface area contributed by atoms with E-state index >= 15 is 0 Å². The molecule has 3 aromatic rings. The first-order chi connectivity index (χ1) is 11.2. The fourth-order valence-electron chi connectivity index (χ4n) is 3.04. The Bertz CT molecular complexity index is 896. The average molecular weight is 328 g/mol. The minimum absolute atomic E-state index is 0.410. The van der Waals surface area contributed by atoms with E-state index in [2.05, 4.69) is 15.2 Å². The number of H-pyrrole nitrogens is 1. The molecule has 0 saturated heterocycles. The van der Waals surface area contributed by atoms with Gasteiger partial charge in [0.05, 0.1) is 21.6 Å². The van der Waals surface area contributed by atoms with Crippen LogP contribution in [0.2, 0.25) is 5.02 Å². The predicted molar refractivity (Wildman–Crippen MR) is 90.5 cm³/mol. The molecule has 0 bridgehead atoms. The van der Waals surface area contributed by atoms with Crippen molar-refractivity contribution in [2.45, 2.75) is 19.3 Å². The molecule has 1 fully saturated rings. The summed E-state index contributed by atoms with van der Waals surface area (Å²) in [6.45, 7) is 0. The summed E-state index contributed by atoms with van der Waals surface area (Å²) in [5.41, 5.74) is 3.29. The quantitative estimate of drug-likeness (QED) is 0.728. The number of nitrogens with zero attached hydrogens (tertiary/aromatic N) is 2. The number of allylic oxidation sites excluding steroid dienone is 1. The lowest BCUT2D eigenvalue weighted by Crippen LogP contribution is -2.14. The molecule has 4 rings (SSSR count). The first kappa shape index (κ1) is 14.4. The SMILES string of the molecule is Fc1[nH]nc2cccc(/C=C(/c3ncccc3Cl)C3CCC3)c12. The van der Waals surface area contributed by atoms with Crippen molar-refractivity contribution in [3.05, 3.63) is 58.8 Å². The third-order valence-electron chi connectivity index (χ3n) is 4.46. The van der Waals surface area contributed by atoms with Gasteiger partial charge in [0.2, 0.25) is 5.95 Å². The Morgan fingerprint density at radius 2 is 2.13 bits per heavy atom. The molecule has 0 atom stereocenters. The maximum atomic E-state index is 14.0. The van der Waals surface area contributed by atoms with E-state index in [0.29, 0.717) is 21.8 Å². The normalized spacial score (nSPS) is 15.8. The van der Waals surface area contributed by atoms with Crippen LogP contribution >= 0.6 is 11.6 Å². The van der Waals surface area contributed by atoms with Crippen molar-refractivity contribution < 1.29 is 4.39 Å². The molecule has 116 valence electrons. The molecule has 1 saturated carbocycles. The van der Waals surface area contributed by atoms with E-state index in [1.54, 1.807) is 12.3 Å². The minimum atomic E-state index is -0.410. The van der Waals surface area contributed by atoms with Gasteiger partial charge in [-0.15, -0.1) is 0 Å². The van der Waals surface area contributed by atoms with Crippen LogP contribution in [0.5, 0.6) is 0 Å². The minimum Gasteiger partial charge on any atom is -0.255 e. The van der Waals surface area contributed by atoms with E-state index in [4.69, 9.17) is 11.6 Å². The highest BCUT2D eigenvalue weighted by Gasteiger charge is 2.25. The molecule has 1 N–H and O–H groups in total. The lowest BCUT2D eigenvalue weighted by Gasteiger charge is -2.28. The van der Waals surface area contributed by atoms with Gasteiger partial charge < -0.3 is 0 Å². The number of halogens is 2. The van der Waals surface area contributed by atoms with Crippen LogP contribution in [0.3, 0.4) is 0 Å². The first-order valence-electron chi connectivity index (χ1n) is 7.69. The number of nitrogens with one attached hydrogen (secondary N) is 1. The second-order valence-electron chi connectivity index (χ2n) is 5.84. The fraction of sp³-hybridized carbons (Fsp3) is 0.222. The highest BCUT2D eigenvalue weighted by atomic mass is 35.5. The monoisotopic (exact) mass is 327 g/mol. The van der Waals surface area contributed by atoms with Crippen LogP contribution < -0.4 is 0 Å². The van der Waals surface area contributed by atoms with Crippen molar-refractivity contribution in [2.75, 3.05) is 0 Å². The Morgan fingerprint density at radius 3 is 2.87 bits per heavy atom. The summed E-state index contributed by atoms with van der Waals surface area (Å²) in [6, 6.07) is 9.24. The third-order valence-corrected chi connectivity index (χ3v) is 4.76. The Balaban J connectivity index is 1.90. The number of benzene rings is 1. The maximum absolute atomic E-state index is 14.0. The summed E-state index contributed by atoms with van der Waals surface area (Å²) in [5.74, 6) is 0.0135. The summed E-state index contributed by atoms with van der Waals surface area (Å²) in [5, 5.41) is 7.54. The largest absolute Gasteiger partial charge is 0.255 e. The van der Waals surface area contributed by atoms with E-state index in [1.165, 1.54) is 6.42 Å². The van der Waals surface area contributed by atoms with E-state index in [1.807, 2.05) is 30.3 Å². The van der Waals surface area contributed by atoms with Gasteiger partial charge in [0.1, 0.15) is 0 Å². The average Bonchev–Trinajstić information content (AvgIpc) is 2.88. The van der Waals surface area contributed by atoms with Crippen molar-refractivity contribution in [3.63, 3.8) is 0 Å². The van der Waals surface area contributed by atoms with Crippen molar-refractivity contribution >= 4 is 34.2 Å². The Morgan fingerprint density at radius 1 is 1.26 bits per heavy atom. The number of rotatable bonds is 3. The highest BCUT2D eigenvalue weighted by molar-refractivity contribution is 6.32. The molecule has 0 spiro atoms. The van der Waals surface area contributed by atoms with Gasteiger partial charge in [-0.2, -0.15) is 9.49 Å². The van der Waals surface area contributed by atoms with E-state index in [-0.39, 0.29) is 0 Å². The number of aromatic amines is 1. The molecule has 23 heavy (non-hydrogen) atoms. The molecule has 3 nitrogen and oxygen atoms in total. The van der Waals surface area contributed by atoms with Gasteiger partial charge in [0.15, 0.2) is 0 Å². The van der Waals surface area contributed by atoms with E-state index in [9.17, 15) is 4.39 Å². The number of hydrogen-bond donors (Lipinski definition) is 1. The topological polar surface area (TPSA) is 41.6 Å². The number of aromatic nitrogens is 3. The van der Waals surface area contributed by atoms with Crippen molar-refractivity contribution in [1.29, 1.82) is 0 Å². The zero-order valence-corrected chi connectivity index (χ0v) is 13.1. The standard InChI is InChI=1S/C18H15ClFN3/c19-14-7-3-9-21-17(14)13(11-4-1-5-11)10-12-6-2-8-15-16(12)18(20)23-22-15/h2-3,6-11H,1,4-5H2,(H,22,23)/b13-10+. The second-order valence-corrected chi connectivity index (χ2v) is 6.25. The number of fused-ring (bicyclic) bond motifs is 1. The van der Waals surface area contributed by atoms with Crippen LogP contribution in [0.4, 0.5) is 4.39 Å².